The Hall–Kier alpha value is -1.56. The molecule has 1 fully saturated rings. The van der Waals surface area contributed by atoms with Crippen LogP contribution in [-0.2, 0) is 11.3 Å². The molecule has 0 aliphatic carbocycles. The molecule has 1 atom stereocenters. The number of rotatable bonds is 4. The third kappa shape index (κ3) is 2.52. The Morgan fingerprint density at radius 2 is 2.30 bits per heavy atom. The first-order valence-corrected chi connectivity index (χ1v) is 7.73. The van der Waals surface area contributed by atoms with E-state index in [9.17, 15) is 4.79 Å². The van der Waals surface area contributed by atoms with Crippen molar-refractivity contribution in [3.63, 3.8) is 0 Å². The Bertz CT molecular complexity index is 619. The maximum atomic E-state index is 12.1. The normalized spacial score (nSPS) is 19.0. The van der Waals surface area contributed by atoms with Crippen molar-refractivity contribution in [1.29, 1.82) is 0 Å². The molecule has 1 aliphatic rings. The summed E-state index contributed by atoms with van der Waals surface area (Å²) in [5.41, 5.74) is 0. The van der Waals surface area contributed by atoms with Crippen LogP contribution in [0, 0.1) is 12.8 Å². The molecule has 5 nitrogen and oxygen atoms in total. The molecule has 0 aromatic carbocycles. The highest BCUT2D eigenvalue weighted by molar-refractivity contribution is 9.09. The molecule has 6 heteroatoms. The summed E-state index contributed by atoms with van der Waals surface area (Å²) in [6.07, 6.45) is 2.32. The predicted octanol–water partition coefficient (Wildman–Crippen LogP) is 2.58. The first-order chi connectivity index (χ1) is 9.67. The van der Waals surface area contributed by atoms with Crippen molar-refractivity contribution in [2.24, 2.45) is 5.92 Å². The van der Waals surface area contributed by atoms with Gasteiger partial charge in [-0.15, -0.1) is 0 Å². The molecule has 0 bridgehead atoms. The van der Waals surface area contributed by atoms with Gasteiger partial charge in [-0.25, -0.2) is 4.68 Å². The average Bonchev–Trinajstić information content (AvgIpc) is 3.11. The largest absolute Gasteiger partial charge is 0.464 e. The number of furan rings is 1. The second-order valence-corrected chi connectivity index (χ2v) is 5.74. The number of hydrogen-bond acceptors (Lipinski definition) is 3. The maximum absolute atomic E-state index is 12.1. The van der Waals surface area contributed by atoms with Crippen molar-refractivity contribution in [3.05, 3.63) is 35.9 Å². The lowest BCUT2D eigenvalue weighted by atomic mass is 10.2. The van der Waals surface area contributed by atoms with Crippen molar-refractivity contribution in [1.82, 2.24) is 9.78 Å². The van der Waals surface area contributed by atoms with E-state index >= 15 is 0 Å². The van der Waals surface area contributed by atoms with Gasteiger partial charge in [-0.3, -0.25) is 9.69 Å². The number of aryl methyl sites for hydroxylation is 1. The van der Waals surface area contributed by atoms with E-state index in [0.717, 1.165) is 29.2 Å². The standard InChI is InChI=1S/C14H16BrN3O2/c1-10-2-3-12(20-10)9-18-13(4-5-16-18)17-8-11(7-15)6-14(17)19/h2-5,11H,6-9H2,1H3. The lowest BCUT2D eigenvalue weighted by Gasteiger charge is -2.17. The van der Waals surface area contributed by atoms with Gasteiger partial charge in [0.1, 0.15) is 23.9 Å². The second kappa shape index (κ2) is 5.44. The number of carbonyl (C=O) groups is 1. The van der Waals surface area contributed by atoms with Crippen LogP contribution in [0.1, 0.15) is 17.9 Å². The number of amides is 1. The molecule has 1 aliphatic heterocycles. The first-order valence-electron chi connectivity index (χ1n) is 6.61. The number of halogens is 1. The van der Waals surface area contributed by atoms with E-state index in [0.29, 0.717) is 18.9 Å². The molecule has 0 radical (unpaired) electrons. The molecular formula is C14H16BrN3O2. The quantitative estimate of drug-likeness (QED) is 0.805. The van der Waals surface area contributed by atoms with Gasteiger partial charge in [-0.1, -0.05) is 15.9 Å². The van der Waals surface area contributed by atoms with Crippen LogP contribution in [0.5, 0.6) is 0 Å². The van der Waals surface area contributed by atoms with E-state index in [4.69, 9.17) is 4.42 Å². The molecule has 3 heterocycles. The molecule has 0 saturated carbocycles. The van der Waals surface area contributed by atoms with Crippen LogP contribution >= 0.6 is 15.9 Å². The van der Waals surface area contributed by atoms with Gasteiger partial charge in [-0.05, 0) is 25.0 Å². The van der Waals surface area contributed by atoms with Gasteiger partial charge in [0, 0.05) is 24.4 Å². The van der Waals surface area contributed by atoms with Gasteiger partial charge in [0.2, 0.25) is 5.91 Å². The third-order valence-corrected chi connectivity index (χ3v) is 4.41. The number of aromatic nitrogens is 2. The van der Waals surface area contributed by atoms with E-state index in [1.807, 2.05) is 34.7 Å². The number of anilines is 1. The lowest BCUT2D eigenvalue weighted by molar-refractivity contribution is -0.117. The second-order valence-electron chi connectivity index (χ2n) is 5.09. The summed E-state index contributed by atoms with van der Waals surface area (Å²) in [6.45, 7) is 3.20. The molecular weight excluding hydrogens is 322 g/mol. The fraction of sp³-hybridized carbons (Fsp3) is 0.429. The van der Waals surface area contributed by atoms with Crippen LogP contribution in [0.4, 0.5) is 5.82 Å². The maximum Gasteiger partial charge on any atom is 0.228 e. The summed E-state index contributed by atoms with van der Waals surface area (Å²) in [7, 11) is 0. The van der Waals surface area contributed by atoms with Gasteiger partial charge < -0.3 is 4.42 Å². The average molecular weight is 338 g/mol. The highest BCUT2D eigenvalue weighted by Crippen LogP contribution is 2.26. The summed E-state index contributed by atoms with van der Waals surface area (Å²) in [5.74, 6) is 3.09. The van der Waals surface area contributed by atoms with Crippen molar-refractivity contribution in [2.75, 3.05) is 16.8 Å². The number of alkyl halides is 1. The molecule has 1 amide bonds. The van der Waals surface area contributed by atoms with Gasteiger partial charge in [-0.2, -0.15) is 5.10 Å². The number of nitrogens with zero attached hydrogens (tertiary/aromatic N) is 3. The summed E-state index contributed by atoms with van der Waals surface area (Å²) in [5, 5.41) is 5.15. The van der Waals surface area contributed by atoms with Gasteiger partial charge >= 0.3 is 0 Å². The topological polar surface area (TPSA) is 51.3 Å². The predicted molar refractivity (Wildman–Crippen MR) is 79.0 cm³/mol. The highest BCUT2D eigenvalue weighted by atomic mass is 79.9. The molecule has 0 spiro atoms. The Balaban J connectivity index is 1.81. The molecule has 0 N–H and O–H groups in total. The molecule has 3 rings (SSSR count). The van der Waals surface area contributed by atoms with E-state index in [2.05, 4.69) is 21.0 Å². The Labute approximate surface area is 125 Å². The molecule has 106 valence electrons. The molecule has 2 aromatic heterocycles. The number of carbonyl (C=O) groups excluding carboxylic acids is 1. The minimum atomic E-state index is 0.159. The fourth-order valence-corrected chi connectivity index (χ4v) is 2.93. The molecule has 1 unspecified atom stereocenters. The summed E-state index contributed by atoms with van der Waals surface area (Å²) >= 11 is 3.45. The van der Waals surface area contributed by atoms with Crippen molar-refractivity contribution < 1.29 is 9.21 Å². The van der Waals surface area contributed by atoms with E-state index in [-0.39, 0.29) is 5.91 Å². The lowest BCUT2D eigenvalue weighted by Crippen LogP contribution is -2.27. The van der Waals surface area contributed by atoms with Crippen molar-refractivity contribution in [3.8, 4) is 0 Å². The summed E-state index contributed by atoms with van der Waals surface area (Å²) in [4.78, 5) is 13.9. The van der Waals surface area contributed by atoms with Crippen molar-refractivity contribution >= 4 is 27.7 Å². The minimum absolute atomic E-state index is 0.159. The van der Waals surface area contributed by atoms with Crippen LogP contribution in [0.3, 0.4) is 0 Å². The Morgan fingerprint density at radius 3 is 2.95 bits per heavy atom. The van der Waals surface area contributed by atoms with Crippen LogP contribution in [-0.4, -0.2) is 27.6 Å². The Kier molecular flexibility index (Phi) is 3.65. The molecule has 20 heavy (non-hydrogen) atoms. The van der Waals surface area contributed by atoms with E-state index < -0.39 is 0 Å². The summed E-state index contributed by atoms with van der Waals surface area (Å²) < 4.78 is 7.38. The van der Waals surface area contributed by atoms with Gasteiger partial charge in [0.05, 0.1) is 6.20 Å². The smallest absolute Gasteiger partial charge is 0.228 e. The van der Waals surface area contributed by atoms with Gasteiger partial charge in [0.15, 0.2) is 0 Å². The van der Waals surface area contributed by atoms with E-state index in [1.165, 1.54) is 0 Å². The van der Waals surface area contributed by atoms with Crippen LogP contribution in [0.2, 0.25) is 0 Å². The SMILES string of the molecule is Cc1ccc(Cn2nccc2N2CC(CBr)CC2=O)o1. The van der Waals surface area contributed by atoms with Gasteiger partial charge in [0.25, 0.3) is 0 Å². The molecule has 2 aromatic rings. The number of hydrogen-bond donors (Lipinski definition) is 0. The van der Waals surface area contributed by atoms with Crippen molar-refractivity contribution in [2.45, 2.75) is 19.9 Å². The first kappa shape index (κ1) is 13.4. The van der Waals surface area contributed by atoms with Crippen LogP contribution in [0.25, 0.3) is 0 Å². The highest BCUT2D eigenvalue weighted by Gasteiger charge is 2.31. The monoisotopic (exact) mass is 337 g/mol. The van der Waals surface area contributed by atoms with Crippen LogP contribution in [0.15, 0.2) is 28.8 Å². The zero-order valence-corrected chi connectivity index (χ0v) is 12.8. The zero-order valence-electron chi connectivity index (χ0n) is 11.3. The fourth-order valence-electron chi connectivity index (χ4n) is 2.50. The summed E-state index contributed by atoms with van der Waals surface area (Å²) in [6, 6.07) is 5.75. The third-order valence-electron chi connectivity index (χ3n) is 3.50. The van der Waals surface area contributed by atoms with Crippen LogP contribution < -0.4 is 4.90 Å². The minimum Gasteiger partial charge on any atom is -0.464 e. The van der Waals surface area contributed by atoms with E-state index in [1.54, 1.807) is 6.20 Å². The Morgan fingerprint density at radius 1 is 1.45 bits per heavy atom. The zero-order chi connectivity index (χ0) is 14.1. The molecule has 1 saturated heterocycles.